The molecule has 1 aromatic carbocycles. The van der Waals surface area contributed by atoms with E-state index in [1.165, 1.54) is 18.3 Å². The fourth-order valence-electron chi connectivity index (χ4n) is 1.48. The van der Waals surface area contributed by atoms with Gasteiger partial charge in [-0.3, -0.25) is 4.79 Å². The molecule has 0 saturated heterocycles. The fourth-order valence-corrected chi connectivity index (χ4v) is 2.37. The summed E-state index contributed by atoms with van der Waals surface area (Å²) in [6.07, 6.45) is 0. The van der Waals surface area contributed by atoms with Crippen LogP contribution in [0.1, 0.15) is 24.3 Å². The first kappa shape index (κ1) is 11.8. The van der Waals surface area contributed by atoms with Crippen molar-refractivity contribution in [3.8, 4) is 16.3 Å². The summed E-state index contributed by atoms with van der Waals surface area (Å²) in [6, 6.07) is 7.72. The van der Waals surface area contributed by atoms with E-state index in [-0.39, 0.29) is 5.78 Å². The number of Topliss-reactive ketones (excluding diaryl/α,β-unsaturated/α-hetero) is 1. The van der Waals surface area contributed by atoms with Gasteiger partial charge in [-0.1, -0.05) is 12.1 Å². The minimum atomic E-state index is -0.0126. The average Bonchev–Trinajstić information content (AvgIpc) is 2.79. The molecule has 3 nitrogen and oxygen atoms in total. The topological polar surface area (TPSA) is 39.2 Å². The lowest BCUT2D eigenvalue weighted by Crippen LogP contribution is -1.94. The maximum Gasteiger partial charge on any atom is 0.178 e. The van der Waals surface area contributed by atoms with E-state index in [9.17, 15) is 4.79 Å². The number of hydrogen-bond donors (Lipinski definition) is 0. The molecule has 0 radical (unpaired) electrons. The summed E-state index contributed by atoms with van der Waals surface area (Å²) in [5.74, 6) is 0.792. The van der Waals surface area contributed by atoms with Crippen LogP contribution in [0, 0.1) is 0 Å². The molecule has 17 heavy (non-hydrogen) atoms. The van der Waals surface area contributed by atoms with Crippen LogP contribution >= 0.6 is 11.3 Å². The highest BCUT2D eigenvalue weighted by molar-refractivity contribution is 7.13. The Morgan fingerprint density at radius 3 is 2.82 bits per heavy atom. The lowest BCUT2D eigenvalue weighted by atomic mass is 10.2. The van der Waals surface area contributed by atoms with Gasteiger partial charge in [0.25, 0.3) is 0 Å². The third kappa shape index (κ3) is 2.53. The van der Waals surface area contributed by atoms with E-state index in [2.05, 4.69) is 4.98 Å². The maximum absolute atomic E-state index is 11.2. The Morgan fingerprint density at radius 2 is 2.18 bits per heavy atom. The molecule has 0 unspecified atom stereocenters. The second-order valence-electron chi connectivity index (χ2n) is 3.52. The molecule has 88 valence electrons. The second-order valence-corrected chi connectivity index (χ2v) is 4.38. The van der Waals surface area contributed by atoms with E-state index >= 15 is 0 Å². The van der Waals surface area contributed by atoms with Crippen molar-refractivity contribution >= 4 is 17.1 Å². The van der Waals surface area contributed by atoms with Crippen LogP contribution in [0.15, 0.2) is 29.6 Å². The summed E-state index contributed by atoms with van der Waals surface area (Å²) in [7, 11) is 0. The fraction of sp³-hybridized carbons (Fsp3) is 0.231. The molecule has 0 aliphatic rings. The van der Waals surface area contributed by atoms with Gasteiger partial charge in [-0.15, -0.1) is 11.3 Å². The molecule has 1 heterocycles. The smallest absolute Gasteiger partial charge is 0.178 e. The first-order valence-electron chi connectivity index (χ1n) is 5.41. The zero-order valence-corrected chi connectivity index (χ0v) is 10.6. The van der Waals surface area contributed by atoms with E-state index in [1.54, 1.807) is 5.38 Å². The van der Waals surface area contributed by atoms with Gasteiger partial charge < -0.3 is 4.74 Å². The highest BCUT2D eigenvalue weighted by Gasteiger charge is 2.11. The SMILES string of the molecule is CCOc1ccccc1-c1nc(C(C)=O)cs1. The first-order valence-corrected chi connectivity index (χ1v) is 6.29. The number of benzene rings is 1. The Morgan fingerprint density at radius 1 is 1.41 bits per heavy atom. The summed E-state index contributed by atoms with van der Waals surface area (Å²) in [5.41, 5.74) is 1.45. The molecule has 0 saturated carbocycles. The van der Waals surface area contributed by atoms with Crippen LogP contribution in [0.25, 0.3) is 10.6 Å². The quantitative estimate of drug-likeness (QED) is 0.777. The van der Waals surface area contributed by atoms with Crippen LogP contribution in [0.3, 0.4) is 0 Å². The summed E-state index contributed by atoms with van der Waals surface area (Å²) in [4.78, 5) is 15.5. The highest BCUT2D eigenvalue weighted by atomic mass is 32.1. The van der Waals surface area contributed by atoms with Gasteiger partial charge in [-0.2, -0.15) is 0 Å². The third-order valence-corrected chi connectivity index (χ3v) is 3.16. The molecule has 0 N–H and O–H groups in total. The monoisotopic (exact) mass is 247 g/mol. The van der Waals surface area contributed by atoms with Gasteiger partial charge in [0.15, 0.2) is 5.78 Å². The lowest BCUT2D eigenvalue weighted by Gasteiger charge is -2.07. The van der Waals surface area contributed by atoms with Gasteiger partial charge in [-0.25, -0.2) is 4.98 Å². The predicted octanol–water partition coefficient (Wildman–Crippen LogP) is 3.41. The Hall–Kier alpha value is -1.68. The number of para-hydroxylation sites is 1. The van der Waals surface area contributed by atoms with Gasteiger partial charge >= 0.3 is 0 Å². The lowest BCUT2D eigenvalue weighted by molar-refractivity contribution is 0.101. The van der Waals surface area contributed by atoms with Crippen molar-refractivity contribution < 1.29 is 9.53 Å². The van der Waals surface area contributed by atoms with Crippen LogP contribution in [-0.2, 0) is 0 Å². The Bertz CT molecular complexity index is 534. The molecule has 0 spiro atoms. The largest absolute Gasteiger partial charge is 0.493 e. The number of ether oxygens (including phenoxy) is 1. The van der Waals surface area contributed by atoms with Gasteiger partial charge in [0, 0.05) is 12.3 Å². The van der Waals surface area contributed by atoms with Crippen molar-refractivity contribution in [2.75, 3.05) is 6.61 Å². The highest BCUT2D eigenvalue weighted by Crippen LogP contribution is 2.32. The van der Waals surface area contributed by atoms with Crippen LogP contribution < -0.4 is 4.74 Å². The standard InChI is InChI=1S/C13H13NO2S/c1-3-16-12-7-5-4-6-10(12)13-14-11(8-17-13)9(2)15/h4-8H,3H2,1-2H3. The minimum Gasteiger partial charge on any atom is -0.493 e. The Kier molecular flexibility index (Phi) is 3.54. The van der Waals surface area contributed by atoms with Crippen molar-refractivity contribution in [2.45, 2.75) is 13.8 Å². The molecule has 4 heteroatoms. The van der Waals surface area contributed by atoms with Crippen LogP contribution in [0.2, 0.25) is 0 Å². The molecule has 0 aliphatic carbocycles. The van der Waals surface area contributed by atoms with Crippen molar-refractivity contribution in [3.05, 3.63) is 35.3 Å². The van der Waals surface area contributed by atoms with E-state index in [4.69, 9.17) is 4.74 Å². The van der Waals surface area contributed by atoms with Crippen molar-refractivity contribution in [1.29, 1.82) is 0 Å². The number of carbonyl (C=O) groups excluding carboxylic acids is 1. The van der Waals surface area contributed by atoms with Crippen LogP contribution in [0.5, 0.6) is 5.75 Å². The number of carbonyl (C=O) groups is 1. The summed E-state index contributed by atoms with van der Waals surface area (Å²) in [5, 5.41) is 2.60. The van der Waals surface area contributed by atoms with Crippen molar-refractivity contribution in [2.24, 2.45) is 0 Å². The van der Waals surface area contributed by atoms with E-state index in [0.717, 1.165) is 16.3 Å². The molecule has 0 amide bonds. The predicted molar refractivity (Wildman–Crippen MR) is 68.7 cm³/mol. The first-order chi connectivity index (χ1) is 8.22. The van der Waals surface area contributed by atoms with Gasteiger partial charge in [0.05, 0.1) is 12.2 Å². The van der Waals surface area contributed by atoms with E-state index in [0.29, 0.717) is 12.3 Å². The van der Waals surface area contributed by atoms with Gasteiger partial charge in [-0.05, 0) is 19.1 Å². The average molecular weight is 247 g/mol. The van der Waals surface area contributed by atoms with Crippen LogP contribution in [-0.4, -0.2) is 17.4 Å². The zero-order chi connectivity index (χ0) is 12.3. The molecule has 0 atom stereocenters. The summed E-state index contributed by atoms with van der Waals surface area (Å²) >= 11 is 1.46. The molecule has 2 rings (SSSR count). The number of aromatic nitrogens is 1. The van der Waals surface area contributed by atoms with Gasteiger partial charge in [0.1, 0.15) is 16.5 Å². The summed E-state index contributed by atoms with van der Waals surface area (Å²) in [6.45, 7) is 4.08. The molecule has 1 aromatic heterocycles. The third-order valence-electron chi connectivity index (χ3n) is 2.28. The number of nitrogens with zero attached hydrogens (tertiary/aromatic N) is 1. The van der Waals surface area contributed by atoms with E-state index in [1.807, 2.05) is 31.2 Å². The van der Waals surface area contributed by atoms with E-state index < -0.39 is 0 Å². The number of thiazole rings is 1. The molecule has 0 aliphatic heterocycles. The van der Waals surface area contributed by atoms with Crippen molar-refractivity contribution in [1.82, 2.24) is 4.98 Å². The second kappa shape index (κ2) is 5.10. The number of ketones is 1. The maximum atomic E-state index is 11.2. The van der Waals surface area contributed by atoms with Crippen LogP contribution in [0.4, 0.5) is 0 Å². The zero-order valence-electron chi connectivity index (χ0n) is 9.77. The molecule has 0 bridgehead atoms. The summed E-state index contributed by atoms with van der Waals surface area (Å²) < 4.78 is 5.54. The Balaban J connectivity index is 2.41. The molecule has 0 fully saturated rings. The van der Waals surface area contributed by atoms with Crippen molar-refractivity contribution in [3.63, 3.8) is 0 Å². The number of hydrogen-bond acceptors (Lipinski definition) is 4. The molecular formula is C13H13NO2S. The minimum absolute atomic E-state index is 0.0126. The van der Waals surface area contributed by atoms with Gasteiger partial charge in [0.2, 0.25) is 0 Å². The normalized spacial score (nSPS) is 10.2. The molecular weight excluding hydrogens is 234 g/mol. The Labute approximate surface area is 104 Å². The number of rotatable bonds is 4. The molecule has 2 aromatic rings.